The first-order valence-corrected chi connectivity index (χ1v) is 8.30. The van der Waals surface area contributed by atoms with Gasteiger partial charge in [0.2, 0.25) is 0 Å². The molecule has 0 bridgehead atoms. The van der Waals surface area contributed by atoms with Gasteiger partial charge in [-0.1, -0.05) is 37.3 Å². The molecule has 1 aliphatic carbocycles. The van der Waals surface area contributed by atoms with Gasteiger partial charge in [0.25, 0.3) is 5.78 Å². The minimum Gasteiger partial charge on any atom is -0.337 e. The molecule has 0 fully saturated rings. The van der Waals surface area contributed by atoms with Gasteiger partial charge in [0.05, 0.1) is 11.6 Å². The lowest BCUT2D eigenvalue weighted by Gasteiger charge is -2.15. The van der Waals surface area contributed by atoms with E-state index in [2.05, 4.69) is 27.3 Å². The van der Waals surface area contributed by atoms with Crippen LogP contribution in [0.15, 0.2) is 54.0 Å². The first-order chi connectivity index (χ1) is 12.1. The van der Waals surface area contributed by atoms with Crippen molar-refractivity contribution < 1.29 is 4.79 Å². The number of fused-ring (bicyclic) bond motifs is 1. The first kappa shape index (κ1) is 15.5. The lowest BCUT2D eigenvalue weighted by atomic mass is 9.87. The minimum atomic E-state index is -0.155. The Morgan fingerprint density at radius 2 is 1.92 bits per heavy atom. The second-order valence-corrected chi connectivity index (χ2v) is 6.48. The number of Topliss-reactive ketones (excluding diaryl/α,β-unsaturated/α-hetero) is 1. The van der Waals surface area contributed by atoms with E-state index < -0.39 is 0 Å². The van der Waals surface area contributed by atoms with Gasteiger partial charge in [-0.15, -0.1) is 0 Å². The van der Waals surface area contributed by atoms with Crippen molar-refractivity contribution in [3.8, 4) is 0 Å². The van der Waals surface area contributed by atoms with Crippen molar-refractivity contribution in [3.63, 3.8) is 0 Å². The summed E-state index contributed by atoms with van der Waals surface area (Å²) in [5.41, 5.74) is 3.57. The second kappa shape index (κ2) is 5.81. The van der Waals surface area contributed by atoms with Crippen LogP contribution in [0, 0.1) is 12.8 Å². The number of allylic oxidation sites excluding steroid dienone is 2. The van der Waals surface area contributed by atoms with E-state index in [9.17, 15) is 4.79 Å². The van der Waals surface area contributed by atoms with Crippen LogP contribution in [0.3, 0.4) is 0 Å². The monoisotopic (exact) mass is 333 g/mol. The fourth-order valence-electron chi connectivity index (χ4n) is 3.46. The Balaban J connectivity index is 1.73. The average Bonchev–Trinajstić information content (AvgIpc) is 3.15. The highest BCUT2D eigenvalue weighted by molar-refractivity contribution is 6.06. The van der Waals surface area contributed by atoms with Crippen LogP contribution in [0.1, 0.15) is 31.0 Å². The number of benzene rings is 1. The zero-order chi connectivity index (χ0) is 17.6. The van der Waals surface area contributed by atoms with Crippen molar-refractivity contribution in [1.29, 1.82) is 0 Å². The quantitative estimate of drug-likeness (QED) is 0.797. The summed E-state index contributed by atoms with van der Waals surface area (Å²) in [5.74, 6) is 1.31. The largest absolute Gasteiger partial charge is 0.337 e. The van der Waals surface area contributed by atoms with Crippen LogP contribution >= 0.6 is 0 Å². The summed E-state index contributed by atoms with van der Waals surface area (Å²) in [6, 6.07) is 11.8. The average molecular weight is 333 g/mol. The van der Waals surface area contributed by atoms with Crippen molar-refractivity contribution in [3.05, 3.63) is 65.3 Å². The molecule has 4 rings (SSSR count). The van der Waals surface area contributed by atoms with Gasteiger partial charge >= 0.3 is 0 Å². The fraction of sp³-hybridized carbons (Fsp3) is 0.263. The van der Waals surface area contributed by atoms with E-state index in [0.29, 0.717) is 17.3 Å². The Kier molecular flexibility index (Phi) is 3.60. The smallest absolute Gasteiger partial charge is 0.254 e. The number of carbonyl (C=O) groups is 1. The molecule has 0 aliphatic heterocycles. The summed E-state index contributed by atoms with van der Waals surface area (Å²) in [5, 5.41) is 7.49. The molecular weight excluding hydrogens is 314 g/mol. The van der Waals surface area contributed by atoms with Gasteiger partial charge in [0.15, 0.2) is 5.78 Å². The Hall–Kier alpha value is -3.02. The van der Waals surface area contributed by atoms with Gasteiger partial charge in [-0.05, 0) is 30.9 Å². The van der Waals surface area contributed by atoms with E-state index in [1.54, 1.807) is 4.52 Å². The van der Waals surface area contributed by atoms with Gasteiger partial charge in [-0.25, -0.2) is 4.98 Å². The molecule has 0 amide bonds. The van der Waals surface area contributed by atoms with Gasteiger partial charge < -0.3 is 5.32 Å². The van der Waals surface area contributed by atoms with Gasteiger partial charge in [-0.2, -0.15) is 14.6 Å². The Morgan fingerprint density at radius 1 is 1.16 bits per heavy atom. The third-order valence-electron chi connectivity index (χ3n) is 4.90. The number of anilines is 1. The SMILES string of the molecule is CC1=C(Nc2cc(C)nc3ncnn23)C(=O)C(c2ccccc2)C1C. The summed E-state index contributed by atoms with van der Waals surface area (Å²) < 4.78 is 1.61. The molecule has 126 valence electrons. The Bertz CT molecular complexity index is 989. The molecule has 6 nitrogen and oxygen atoms in total. The lowest BCUT2D eigenvalue weighted by Crippen LogP contribution is -2.17. The van der Waals surface area contributed by atoms with Gasteiger partial charge in [-0.3, -0.25) is 4.79 Å². The first-order valence-electron chi connectivity index (χ1n) is 8.30. The van der Waals surface area contributed by atoms with Crippen LogP contribution < -0.4 is 5.32 Å². The molecule has 2 unspecified atom stereocenters. The molecule has 25 heavy (non-hydrogen) atoms. The summed E-state index contributed by atoms with van der Waals surface area (Å²) in [4.78, 5) is 21.6. The molecule has 2 heterocycles. The van der Waals surface area contributed by atoms with Crippen LogP contribution in [0.5, 0.6) is 0 Å². The molecule has 1 N–H and O–H groups in total. The van der Waals surface area contributed by atoms with E-state index in [-0.39, 0.29) is 17.6 Å². The standard InChI is InChI=1S/C19H19N5O/c1-11-9-15(24-19(22-11)20-10-21-24)23-17-13(3)12(2)16(18(17)25)14-7-5-4-6-8-14/h4-10,12,16,23H,1-3H3. The zero-order valence-electron chi connectivity index (χ0n) is 14.4. The predicted molar refractivity (Wildman–Crippen MR) is 95.2 cm³/mol. The molecule has 0 spiro atoms. The zero-order valence-corrected chi connectivity index (χ0v) is 14.4. The van der Waals surface area contributed by atoms with E-state index in [0.717, 1.165) is 16.8 Å². The Morgan fingerprint density at radius 3 is 2.68 bits per heavy atom. The number of aryl methyl sites for hydroxylation is 1. The summed E-state index contributed by atoms with van der Waals surface area (Å²) >= 11 is 0. The van der Waals surface area contributed by atoms with Crippen molar-refractivity contribution in [2.75, 3.05) is 5.32 Å². The highest BCUT2D eigenvalue weighted by Crippen LogP contribution is 2.40. The van der Waals surface area contributed by atoms with E-state index in [1.807, 2.05) is 50.2 Å². The number of nitrogens with one attached hydrogen (secondary N) is 1. The van der Waals surface area contributed by atoms with Crippen LogP contribution in [-0.4, -0.2) is 25.4 Å². The van der Waals surface area contributed by atoms with Crippen LogP contribution in [0.25, 0.3) is 5.78 Å². The predicted octanol–water partition coefficient (Wildman–Crippen LogP) is 3.12. The highest BCUT2D eigenvalue weighted by Gasteiger charge is 2.38. The molecule has 0 radical (unpaired) electrons. The maximum atomic E-state index is 13.1. The molecule has 1 aliphatic rings. The van der Waals surface area contributed by atoms with E-state index in [1.165, 1.54) is 6.33 Å². The van der Waals surface area contributed by atoms with Crippen molar-refractivity contribution in [2.45, 2.75) is 26.7 Å². The highest BCUT2D eigenvalue weighted by atomic mass is 16.1. The number of hydrogen-bond donors (Lipinski definition) is 1. The second-order valence-electron chi connectivity index (χ2n) is 6.48. The minimum absolute atomic E-state index is 0.110. The molecule has 3 aromatic rings. The van der Waals surface area contributed by atoms with Crippen LogP contribution in [0.4, 0.5) is 5.82 Å². The number of carbonyl (C=O) groups excluding carboxylic acids is 1. The van der Waals surface area contributed by atoms with E-state index >= 15 is 0 Å². The molecular formula is C19H19N5O. The van der Waals surface area contributed by atoms with Gasteiger partial charge in [0.1, 0.15) is 12.1 Å². The fourth-order valence-corrected chi connectivity index (χ4v) is 3.46. The van der Waals surface area contributed by atoms with Crippen molar-refractivity contribution in [2.24, 2.45) is 5.92 Å². The summed E-state index contributed by atoms with van der Waals surface area (Å²) in [6.07, 6.45) is 1.46. The number of rotatable bonds is 3. The van der Waals surface area contributed by atoms with Crippen LogP contribution in [0.2, 0.25) is 0 Å². The van der Waals surface area contributed by atoms with E-state index in [4.69, 9.17) is 0 Å². The number of aromatic nitrogens is 4. The summed E-state index contributed by atoms with van der Waals surface area (Å²) in [7, 11) is 0. The van der Waals surface area contributed by atoms with Crippen molar-refractivity contribution >= 4 is 17.4 Å². The normalized spacial score (nSPS) is 20.5. The summed E-state index contributed by atoms with van der Waals surface area (Å²) in [6.45, 7) is 6.01. The third-order valence-corrected chi connectivity index (χ3v) is 4.90. The molecule has 0 saturated heterocycles. The maximum absolute atomic E-state index is 13.1. The van der Waals surface area contributed by atoms with Crippen molar-refractivity contribution in [1.82, 2.24) is 19.6 Å². The number of nitrogens with zero attached hydrogens (tertiary/aromatic N) is 4. The van der Waals surface area contributed by atoms with Gasteiger partial charge in [0, 0.05) is 11.8 Å². The maximum Gasteiger partial charge on any atom is 0.254 e. The lowest BCUT2D eigenvalue weighted by molar-refractivity contribution is -0.116. The molecule has 2 atom stereocenters. The topological polar surface area (TPSA) is 72.2 Å². The molecule has 6 heteroatoms. The Labute approximate surface area is 145 Å². The molecule has 0 saturated carbocycles. The molecule has 2 aromatic heterocycles. The third kappa shape index (κ3) is 2.50. The van der Waals surface area contributed by atoms with Crippen LogP contribution in [-0.2, 0) is 4.79 Å². The number of hydrogen-bond acceptors (Lipinski definition) is 5. The molecule has 1 aromatic carbocycles. The number of ketones is 1.